The van der Waals surface area contributed by atoms with Crippen LogP contribution in [0.15, 0.2) is 30.9 Å². The Kier molecular flexibility index (Phi) is 8.18. The fourth-order valence-corrected chi connectivity index (χ4v) is 3.82. The number of halogens is 6. The lowest BCUT2D eigenvalue weighted by molar-refractivity contribution is -0.171. The van der Waals surface area contributed by atoms with Crippen LogP contribution < -0.4 is 10.1 Å². The van der Waals surface area contributed by atoms with Crippen molar-refractivity contribution in [3.05, 3.63) is 42.1 Å². The average Bonchev–Trinajstić information content (AvgIpc) is 3.29. The van der Waals surface area contributed by atoms with Gasteiger partial charge < -0.3 is 19.4 Å². The summed E-state index contributed by atoms with van der Waals surface area (Å²) in [4.78, 5) is 26.8. The van der Waals surface area contributed by atoms with Crippen LogP contribution in [-0.4, -0.2) is 62.3 Å². The molecule has 0 aromatic carbocycles. The van der Waals surface area contributed by atoms with Gasteiger partial charge in [-0.1, -0.05) is 0 Å². The zero-order valence-electron chi connectivity index (χ0n) is 20.5. The molecule has 0 unspecified atom stereocenters. The predicted molar refractivity (Wildman–Crippen MR) is 122 cm³/mol. The van der Waals surface area contributed by atoms with E-state index in [-0.39, 0.29) is 12.4 Å². The first-order chi connectivity index (χ1) is 17.2. The van der Waals surface area contributed by atoms with Gasteiger partial charge in [0.2, 0.25) is 0 Å². The quantitative estimate of drug-likeness (QED) is 0.389. The van der Waals surface area contributed by atoms with Crippen molar-refractivity contribution in [2.75, 3.05) is 13.7 Å². The second kappa shape index (κ2) is 10.8. The maximum Gasteiger partial charge on any atom is 0.408 e. The van der Waals surface area contributed by atoms with Gasteiger partial charge in [0.25, 0.3) is 5.88 Å². The van der Waals surface area contributed by atoms with Gasteiger partial charge in [0, 0.05) is 43.3 Å². The minimum absolute atomic E-state index is 0.0190. The zero-order valence-corrected chi connectivity index (χ0v) is 20.5. The van der Waals surface area contributed by atoms with Crippen molar-refractivity contribution in [3.63, 3.8) is 0 Å². The molecule has 0 aliphatic heterocycles. The number of nitrogens with one attached hydrogen (secondary N) is 1. The number of aromatic nitrogens is 4. The number of methoxy groups -OCH3 is 1. The minimum atomic E-state index is -5.05. The number of carbonyl (C=O) groups is 1. The molecule has 2 atom stereocenters. The number of alkyl halides is 6. The van der Waals surface area contributed by atoms with Crippen LogP contribution in [0, 0.1) is 6.92 Å². The summed E-state index contributed by atoms with van der Waals surface area (Å²) in [6.45, 7) is 4.88. The monoisotopic (exact) mass is 532 g/mol. The van der Waals surface area contributed by atoms with Crippen LogP contribution in [0.3, 0.4) is 0 Å². The molecular weight excluding hydrogens is 506 g/mol. The van der Waals surface area contributed by atoms with Crippen LogP contribution in [-0.2, 0) is 0 Å². The van der Waals surface area contributed by atoms with Gasteiger partial charge in [-0.05, 0) is 38.8 Å². The van der Waals surface area contributed by atoms with Crippen molar-refractivity contribution >= 4 is 11.7 Å². The fourth-order valence-electron chi connectivity index (χ4n) is 3.82. The van der Waals surface area contributed by atoms with Crippen molar-refractivity contribution in [2.45, 2.75) is 58.0 Å². The number of hydrogen-bond donors (Lipinski definition) is 1. The number of amides is 2. The highest BCUT2D eigenvalue weighted by Crippen LogP contribution is 2.31. The molecule has 0 spiro atoms. The van der Waals surface area contributed by atoms with Gasteiger partial charge in [0.15, 0.2) is 5.65 Å². The molecule has 0 bridgehead atoms. The second-order valence-electron chi connectivity index (χ2n) is 8.38. The molecule has 14 heteroatoms. The molecular formula is C23H26F6N6O2. The normalized spacial score (nSPS) is 13.9. The maximum absolute atomic E-state index is 13.3. The lowest BCUT2D eigenvalue weighted by Gasteiger charge is -2.31. The highest BCUT2D eigenvalue weighted by atomic mass is 19.4. The Balaban J connectivity index is 1.88. The average molecular weight is 532 g/mol. The van der Waals surface area contributed by atoms with E-state index in [1.165, 1.54) is 7.11 Å². The first-order valence-corrected chi connectivity index (χ1v) is 11.3. The Hall–Kier alpha value is -3.58. The van der Waals surface area contributed by atoms with E-state index in [9.17, 15) is 31.1 Å². The molecule has 2 amide bonds. The summed E-state index contributed by atoms with van der Waals surface area (Å²) in [5.74, 6) is 0.278. The first-order valence-electron chi connectivity index (χ1n) is 11.3. The topological polar surface area (TPSA) is 84.7 Å². The number of imidazole rings is 1. The van der Waals surface area contributed by atoms with Crippen LogP contribution in [0.2, 0.25) is 0 Å². The third kappa shape index (κ3) is 6.60. The van der Waals surface area contributed by atoms with Crippen molar-refractivity contribution in [1.82, 2.24) is 29.6 Å². The summed E-state index contributed by atoms with van der Waals surface area (Å²) in [5, 5.41) is 1.72. The Bertz CT molecular complexity index is 1240. The highest BCUT2D eigenvalue weighted by Gasteiger charge is 2.43. The number of urea groups is 1. The SMILES string of the molecule is CCN(C(=O)N[C@@H](CCC(F)(F)F)C(F)(F)F)[C@H](C)c1cc(-c2cn3ccnc3c(OC)n2)c(C)cn1. The molecule has 0 radical (unpaired) electrons. The molecule has 3 aromatic rings. The number of pyridine rings is 1. The van der Waals surface area contributed by atoms with Crippen molar-refractivity contribution in [1.29, 1.82) is 0 Å². The Morgan fingerprint density at radius 1 is 1.22 bits per heavy atom. The molecule has 37 heavy (non-hydrogen) atoms. The van der Waals surface area contributed by atoms with Gasteiger partial charge in [0.1, 0.15) is 6.04 Å². The maximum atomic E-state index is 13.3. The standard InChI is InChI=1S/C23H26F6N6O2/c1-5-35(21(36)33-18(23(27,28)29)6-7-22(24,25)26)14(3)16-10-15(13(2)11-31-16)17-12-34-9-8-30-19(34)20(32-17)37-4/h8-12,14,18H,5-7H2,1-4H3,(H,33,36)/t14-,18+/m1/s1. The summed E-state index contributed by atoms with van der Waals surface area (Å²) in [5.41, 5.74) is 2.74. The Morgan fingerprint density at radius 3 is 2.51 bits per heavy atom. The van der Waals surface area contributed by atoms with Crippen LogP contribution in [0.1, 0.15) is 44.0 Å². The van der Waals surface area contributed by atoms with E-state index in [4.69, 9.17) is 4.74 Å². The summed E-state index contributed by atoms with van der Waals surface area (Å²) >= 11 is 0. The zero-order chi connectivity index (χ0) is 27.5. The molecule has 3 aromatic heterocycles. The fraction of sp³-hybridized carbons (Fsp3) is 0.478. The van der Waals surface area contributed by atoms with E-state index < -0.39 is 43.3 Å². The van der Waals surface area contributed by atoms with E-state index in [2.05, 4.69) is 15.0 Å². The second-order valence-corrected chi connectivity index (χ2v) is 8.38. The van der Waals surface area contributed by atoms with Gasteiger partial charge in [-0.3, -0.25) is 4.98 Å². The molecule has 3 rings (SSSR count). The van der Waals surface area contributed by atoms with Crippen molar-refractivity contribution in [3.8, 4) is 17.1 Å². The summed E-state index contributed by atoms with van der Waals surface area (Å²) < 4.78 is 84.7. The number of carbonyl (C=O) groups excluding carboxylic acids is 1. The summed E-state index contributed by atoms with van der Waals surface area (Å²) in [6, 6.07) is -2.95. The third-order valence-electron chi connectivity index (χ3n) is 5.84. The lowest BCUT2D eigenvalue weighted by Crippen LogP contribution is -2.51. The predicted octanol–water partition coefficient (Wildman–Crippen LogP) is 5.47. The van der Waals surface area contributed by atoms with Crippen molar-refractivity contribution < 1.29 is 35.9 Å². The van der Waals surface area contributed by atoms with Crippen LogP contribution in [0.25, 0.3) is 16.9 Å². The van der Waals surface area contributed by atoms with Crippen LogP contribution >= 0.6 is 0 Å². The largest absolute Gasteiger partial charge is 0.478 e. The van der Waals surface area contributed by atoms with Gasteiger partial charge in [-0.15, -0.1) is 0 Å². The summed E-state index contributed by atoms with van der Waals surface area (Å²) in [6.07, 6.45) is -6.28. The van der Waals surface area contributed by atoms with E-state index in [1.807, 2.05) is 0 Å². The van der Waals surface area contributed by atoms with Gasteiger partial charge >= 0.3 is 18.4 Å². The number of hydrogen-bond acceptors (Lipinski definition) is 5. The number of fused-ring (bicyclic) bond motifs is 1. The summed E-state index contributed by atoms with van der Waals surface area (Å²) in [7, 11) is 1.45. The Morgan fingerprint density at radius 2 is 1.92 bits per heavy atom. The smallest absolute Gasteiger partial charge is 0.408 e. The number of rotatable bonds is 8. The van der Waals surface area contributed by atoms with E-state index >= 15 is 0 Å². The molecule has 0 aliphatic rings. The molecule has 0 saturated carbocycles. The van der Waals surface area contributed by atoms with E-state index in [0.29, 0.717) is 22.6 Å². The highest BCUT2D eigenvalue weighted by molar-refractivity contribution is 5.75. The van der Waals surface area contributed by atoms with Crippen LogP contribution in [0.4, 0.5) is 31.1 Å². The first kappa shape index (κ1) is 28.0. The molecule has 3 heterocycles. The Labute approximate surface area is 208 Å². The third-order valence-corrected chi connectivity index (χ3v) is 5.84. The number of nitrogens with zero attached hydrogens (tertiary/aromatic N) is 5. The molecule has 1 N–H and O–H groups in total. The van der Waals surface area contributed by atoms with Crippen molar-refractivity contribution in [2.24, 2.45) is 0 Å². The molecule has 0 saturated heterocycles. The minimum Gasteiger partial charge on any atom is -0.478 e. The van der Waals surface area contributed by atoms with E-state index in [1.54, 1.807) is 61.3 Å². The van der Waals surface area contributed by atoms with Gasteiger partial charge in [0.05, 0.1) is 24.5 Å². The number of aryl methyl sites for hydroxylation is 1. The van der Waals surface area contributed by atoms with Gasteiger partial charge in [-0.2, -0.15) is 26.3 Å². The van der Waals surface area contributed by atoms with E-state index in [0.717, 1.165) is 10.5 Å². The molecule has 0 fully saturated rings. The van der Waals surface area contributed by atoms with Gasteiger partial charge in [-0.25, -0.2) is 14.8 Å². The molecule has 0 aliphatic carbocycles. The molecule has 8 nitrogen and oxygen atoms in total. The molecule has 202 valence electrons. The number of ether oxygens (including phenoxy) is 1. The van der Waals surface area contributed by atoms with Crippen LogP contribution in [0.5, 0.6) is 5.88 Å². The lowest BCUT2D eigenvalue weighted by atomic mass is 10.0.